The number of likely N-dealkylation sites (N-methyl/N-ethyl adjacent to an activating group) is 1. The van der Waals surface area contributed by atoms with Crippen LogP contribution in [0.4, 0.5) is 0 Å². The molecule has 2 aromatic rings. The van der Waals surface area contributed by atoms with Crippen molar-refractivity contribution in [1.29, 1.82) is 0 Å². The number of benzene rings is 2. The summed E-state index contributed by atoms with van der Waals surface area (Å²) in [6.07, 6.45) is 5.07. The summed E-state index contributed by atoms with van der Waals surface area (Å²) in [6.45, 7) is 4.87. The van der Waals surface area contributed by atoms with Gasteiger partial charge in [0.25, 0.3) is 0 Å². The van der Waals surface area contributed by atoms with Crippen LogP contribution in [0, 0.1) is 12.6 Å². The molecule has 0 amide bonds. The van der Waals surface area contributed by atoms with E-state index in [1.807, 2.05) is 0 Å². The zero-order valence-corrected chi connectivity index (χ0v) is 16.2. The Labute approximate surface area is 153 Å². The van der Waals surface area contributed by atoms with E-state index in [0.717, 1.165) is 0 Å². The van der Waals surface area contributed by atoms with Crippen molar-refractivity contribution in [3.05, 3.63) is 66.7 Å². The molecular weight excluding hydrogens is 458 g/mol. The summed E-state index contributed by atoms with van der Waals surface area (Å²) in [5.41, 5.74) is 4.52. The number of hydrogen-bond donors (Lipinski definition) is 0. The SMILES string of the molecule is CN1[CH+]C2(c3[c-]ccc(-c4ccccc4)c3)CCC1(C)CC2.[Ir]. The second-order valence-corrected chi connectivity index (χ2v) is 7.25. The van der Waals surface area contributed by atoms with Gasteiger partial charge in [-0.3, -0.25) is 0 Å². The Kier molecular flexibility index (Phi) is 4.44. The summed E-state index contributed by atoms with van der Waals surface area (Å²) in [7, 11) is 2.24. The third-order valence-corrected chi connectivity index (χ3v) is 5.96. The van der Waals surface area contributed by atoms with Crippen molar-refractivity contribution in [2.75, 3.05) is 7.05 Å². The predicted molar refractivity (Wildman–Crippen MR) is 91.3 cm³/mol. The van der Waals surface area contributed by atoms with Crippen LogP contribution >= 0.6 is 0 Å². The van der Waals surface area contributed by atoms with E-state index < -0.39 is 0 Å². The van der Waals surface area contributed by atoms with Crippen LogP contribution < -0.4 is 0 Å². The molecular formula is C21H23IrN. The topological polar surface area (TPSA) is 3.24 Å². The summed E-state index contributed by atoms with van der Waals surface area (Å²) >= 11 is 0. The standard InChI is InChI=1S/C21H23N.Ir/c1-20-11-13-21(14-12-20,16-22(20)2)19-10-6-9-18(15-19)17-7-4-3-5-8-17;/h3-9,15-16H,11-14H2,1-2H3;. The fourth-order valence-electron chi connectivity index (χ4n) is 4.15. The third-order valence-electron chi connectivity index (χ3n) is 5.96. The van der Waals surface area contributed by atoms with Gasteiger partial charge in [0.1, 0.15) is 5.41 Å². The molecule has 2 bridgehead atoms. The molecule has 3 aliphatic rings. The molecule has 121 valence electrons. The minimum absolute atomic E-state index is 0. The van der Waals surface area contributed by atoms with Crippen molar-refractivity contribution in [2.45, 2.75) is 43.6 Å². The molecule has 1 saturated carbocycles. The molecule has 2 heteroatoms. The molecule has 3 fully saturated rings. The average molecular weight is 482 g/mol. The Balaban J connectivity index is 0.00000156. The smallest absolute Gasteiger partial charge is 0.167 e. The molecule has 0 unspecified atom stereocenters. The molecule has 2 aromatic carbocycles. The molecule has 1 aliphatic carbocycles. The Morgan fingerprint density at radius 2 is 1.70 bits per heavy atom. The van der Waals surface area contributed by atoms with Crippen LogP contribution in [0.25, 0.3) is 11.1 Å². The van der Waals surface area contributed by atoms with E-state index in [9.17, 15) is 0 Å². The Morgan fingerprint density at radius 1 is 1.00 bits per heavy atom. The van der Waals surface area contributed by atoms with Crippen molar-refractivity contribution in [1.82, 2.24) is 4.90 Å². The predicted octanol–water partition coefficient (Wildman–Crippen LogP) is 4.83. The largest absolute Gasteiger partial charge is 0.176 e. The summed E-state index contributed by atoms with van der Waals surface area (Å²) in [4.78, 5) is 2.46. The summed E-state index contributed by atoms with van der Waals surface area (Å²) in [5, 5.41) is 0. The fourth-order valence-corrected chi connectivity index (χ4v) is 4.15. The second-order valence-electron chi connectivity index (χ2n) is 7.25. The van der Waals surface area contributed by atoms with Gasteiger partial charge in [0, 0.05) is 27.2 Å². The summed E-state index contributed by atoms with van der Waals surface area (Å²) < 4.78 is 0. The van der Waals surface area contributed by atoms with Gasteiger partial charge in [-0.2, -0.15) is 24.3 Å². The second kappa shape index (κ2) is 6.09. The average Bonchev–Trinajstić information content (AvgIpc) is 2.58. The zero-order valence-electron chi connectivity index (χ0n) is 13.8. The molecule has 23 heavy (non-hydrogen) atoms. The molecule has 1 nitrogen and oxygen atoms in total. The van der Waals surface area contributed by atoms with Crippen molar-refractivity contribution in [2.24, 2.45) is 0 Å². The maximum absolute atomic E-state index is 3.54. The summed E-state index contributed by atoms with van der Waals surface area (Å²) in [6, 6.07) is 20.8. The van der Waals surface area contributed by atoms with Crippen LogP contribution in [0.15, 0.2) is 48.5 Å². The maximum atomic E-state index is 3.54. The number of fused-ring (bicyclic) bond motifs is 3. The molecule has 2 heterocycles. The van der Waals surface area contributed by atoms with Crippen LogP contribution in [-0.2, 0) is 25.5 Å². The van der Waals surface area contributed by atoms with Crippen LogP contribution in [0.3, 0.4) is 0 Å². The van der Waals surface area contributed by atoms with E-state index in [4.69, 9.17) is 0 Å². The van der Waals surface area contributed by atoms with E-state index in [0.29, 0.717) is 5.54 Å². The van der Waals surface area contributed by atoms with Crippen molar-refractivity contribution in [3.8, 4) is 11.1 Å². The zero-order chi connectivity index (χ0) is 15.2. The van der Waals surface area contributed by atoms with Crippen molar-refractivity contribution in [3.63, 3.8) is 0 Å². The van der Waals surface area contributed by atoms with Crippen LogP contribution in [0.1, 0.15) is 38.2 Å². The van der Waals surface area contributed by atoms with Gasteiger partial charge < -0.3 is 0 Å². The van der Waals surface area contributed by atoms with Crippen LogP contribution in [0.5, 0.6) is 0 Å². The van der Waals surface area contributed by atoms with Crippen molar-refractivity contribution >= 4 is 0 Å². The van der Waals surface area contributed by atoms with Gasteiger partial charge >= 0.3 is 0 Å². The number of rotatable bonds is 2. The monoisotopic (exact) mass is 482 g/mol. The van der Waals surface area contributed by atoms with Crippen LogP contribution in [0.2, 0.25) is 0 Å². The van der Waals surface area contributed by atoms with Gasteiger partial charge in [0.2, 0.25) is 0 Å². The first kappa shape index (κ1) is 16.8. The minimum Gasteiger partial charge on any atom is -0.176 e. The van der Waals surface area contributed by atoms with Gasteiger partial charge in [-0.25, -0.2) is 0 Å². The van der Waals surface area contributed by atoms with E-state index in [1.54, 1.807) is 0 Å². The van der Waals surface area contributed by atoms with Gasteiger partial charge in [-0.1, -0.05) is 30.3 Å². The first-order valence-corrected chi connectivity index (χ1v) is 8.28. The van der Waals surface area contributed by atoms with E-state index in [-0.39, 0.29) is 25.5 Å². The van der Waals surface area contributed by atoms with E-state index >= 15 is 0 Å². The number of hydrogen-bond acceptors (Lipinski definition) is 1. The molecule has 1 radical (unpaired) electrons. The minimum atomic E-state index is 0. The van der Waals surface area contributed by atoms with E-state index in [2.05, 4.69) is 80.0 Å². The van der Waals surface area contributed by atoms with Gasteiger partial charge in [-0.05, 0) is 38.2 Å². The van der Waals surface area contributed by atoms with Gasteiger partial charge in [0.15, 0.2) is 6.54 Å². The van der Waals surface area contributed by atoms with Gasteiger partial charge in [0.05, 0.1) is 5.54 Å². The molecule has 0 aromatic heterocycles. The molecule has 2 aliphatic heterocycles. The normalized spacial score (nSPS) is 29.7. The maximum Gasteiger partial charge on any atom is 0.167 e. The summed E-state index contributed by atoms with van der Waals surface area (Å²) in [5.74, 6) is 0. The molecule has 2 saturated heterocycles. The number of piperidine rings is 2. The fraction of sp³-hybridized carbons (Fsp3) is 0.381. The van der Waals surface area contributed by atoms with Crippen molar-refractivity contribution < 1.29 is 20.1 Å². The first-order chi connectivity index (χ1) is 10.6. The number of nitrogens with zero attached hydrogens (tertiary/aromatic N) is 1. The molecule has 0 atom stereocenters. The Morgan fingerprint density at radius 3 is 2.35 bits per heavy atom. The first-order valence-electron chi connectivity index (χ1n) is 8.28. The van der Waals surface area contributed by atoms with Crippen LogP contribution in [-0.4, -0.2) is 17.5 Å². The molecule has 0 N–H and O–H groups in total. The van der Waals surface area contributed by atoms with Gasteiger partial charge in [-0.15, -0.1) is 16.0 Å². The Hall–Kier alpha value is -1.08. The molecule has 5 rings (SSSR count). The third kappa shape index (κ3) is 2.78. The van der Waals surface area contributed by atoms with E-state index in [1.165, 1.54) is 42.4 Å². The quantitative estimate of drug-likeness (QED) is 0.556. The molecule has 0 spiro atoms. The Bertz CT molecular complexity index is 671.